The van der Waals surface area contributed by atoms with Gasteiger partial charge in [0.25, 0.3) is 5.91 Å². The van der Waals surface area contributed by atoms with Crippen LogP contribution in [-0.2, 0) is 12.7 Å². The minimum Gasteiger partial charge on any atom is -0.350 e. The third-order valence-electron chi connectivity index (χ3n) is 3.67. The van der Waals surface area contributed by atoms with E-state index in [1.54, 1.807) is 29.2 Å². The monoisotopic (exact) mass is 360 g/mol. The van der Waals surface area contributed by atoms with E-state index in [0.29, 0.717) is 12.2 Å². The topological polar surface area (TPSA) is 59.8 Å². The number of hydrogen-bond donors (Lipinski definition) is 1. The van der Waals surface area contributed by atoms with Gasteiger partial charge in [-0.3, -0.25) is 14.5 Å². The average molecular weight is 360 g/mol. The van der Waals surface area contributed by atoms with Crippen LogP contribution in [0.3, 0.4) is 0 Å². The number of alkyl halides is 3. The van der Waals surface area contributed by atoms with Crippen molar-refractivity contribution in [3.63, 3.8) is 0 Å². The average Bonchev–Trinajstić information content (AvgIpc) is 3.10. The molecule has 26 heavy (non-hydrogen) atoms. The van der Waals surface area contributed by atoms with E-state index in [2.05, 4.69) is 15.4 Å². The van der Waals surface area contributed by atoms with Crippen LogP contribution < -0.4 is 5.32 Å². The summed E-state index contributed by atoms with van der Waals surface area (Å²) in [4.78, 5) is 16.3. The van der Waals surface area contributed by atoms with Gasteiger partial charge in [-0.15, -0.1) is 0 Å². The Balaban J connectivity index is 1.61. The molecule has 0 aliphatic rings. The van der Waals surface area contributed by atoms with Crippen LogP contribution in [0.15, 0.2) is 60.9 Å². The fraction of sp³-hybridized carbons (Fsp3) is 0.167. The van der Waals surface area contributed by atoms with Gasteiger partial charge in [0.1, 0.15) is 5.69 Å². The summed E-state index contributed by atoms with van der Waals surface area (Å²) < 4.78 is 40.5. The van der Waals surface area contributed by atoms with E-state index in [1.807, 2.05) is 12.1 Å². The molecule has 3 aromatic rings. The third kappa shape index (κ3) is 4.08. The molecule has 0 fully saturated rings. The molecule has 1 N–H and O–H groups in total. The number of hydrogen-bond acceptors (Lipinski definition) is 3. The molecular formula is C18H15F3N4O. The minimum atomic E-state index is -4.58. The number of carbonyl (C=O) groups excluding carboxylic acids is 1. The van der Waals surface area contributed by atoms with Gasteiger partial charge >= 0.3 is 6.18 Å². The number of nitrogens with zero attached hydrogens (tertiary/aromatic N) is 3. The SMILES string of the molecule is O=C(NCCn1ccc(-c2ccccn2)n1)c1ccccc1C(F)(F)F. The van der Waals surface area contributed by atoms with Gasteiger partial charge in [-0.25, -0.2) is 0 Å². The predicted molar refractivity (Wildman–Crippen MR) is 89.2 cm³/mol. The zero-order chi connectivity index (χ0) is 18.6. The Morgan fingerprint density at radius 3 is 2.54 bits per heavy atom. The number of halogens is 3. The number of benzene rings is 1. The Kier molecular flexibility index (Phi) is 5.01. The van der Waals surface area contributed by atoms with Gasteiger partial charge in [0.2, 0.25) is 0 Å². The molecule has 0 atom stereocenters. The fourth-order valence-corrected chi connectivity index (χ4v) is 2.44. The van der Waals surface area contributed by atoms with E-state index >= 15 is 0 Å². The van der Waals surface area contributed by atoms with Gasteiger partial charge in [-0.1, -0.05) is 18.2 Å². The van der Waals surface area contributed by atoms with Crippen LogP contribution >= 0.6 is 0 Å². The maximum absolute atomic E-state index is 13.0. The third-order valence-corrected chi connectivity index (χ3v) is 3.67. The van der Waals surface area contributed by atoms with Crippen molar-refractivity contribution in [1.82, 2.24) is 20.1 Å². The van der Waals surface area contributed by atoms with Gasteiger partial charge in [-0.05, 0) is 30.3 Å². The van der Waals surface area contributed by atoms with Crippen molar-refractivity contribution < 1.29 is 18.0 Å². The molecule has 0 bridgehead atoms. The second-order valence-electron chi connectivity index (χ2n) is 5.48. The molecule has 1 amide bonds. The normalized spacial score (nSPS) is 11.3. The lowest BCUT2D eigenvalue weighted by atomic mass is 10.1. The zero-order valence-electron chi connectivity index (χ0n) is 13.6. The first-order valence-electron chi connectivity index (χ1n) is 7.84. The van der Waals surface area contributed by atoms with Crippen LogP contribution in [0.4, 0.5) is 13.2 Å². The molecule has 3 rings (SSSR count). The first-order valence-corrected chi connectivity index (χ1v) is 7.84. The Morgan fingerprint density at radius 2 is 1.81 bits per heavy atom. The molecule has 134 valence electrons. The van der Waals surface area contributed by atoms with Gasteiger partial charge in [0.15, 0.2) is 0 Å². The predicted octanol–water partition coefficient (Wildman–Crippen LogP) is 3.39. The van der Waals surface area contributed by atoms with Crippen LogP contribution in [-0.4, -0.2) is 27.2 Å². The molecule has 0 radical (unpaired) electrons. The standard InChI is InChI=1S/C18H15F3N4O/c19-18(20,21)14-6-2-1-5-13(14)17(26)23-10-12-25-11-8-16(24-25)15-7-3-4-9-22-15/h1-9,11H,10,12H2,(H,23,26). The highest BCUT2D eigenvalue weighted by Crippen LogP contribution is 2.31. The van der Waals surface area contributed by atoms with Crippen LogP contribution in [0.1, 0.15) is 15.9 Å². The van der Waals surface area contributed by atoms with Crippen molar-refractivity contribution in [2.24, 2.45) is 0 Å². The van der Waals surface area contributed by atoms with Gasteiger partial charge in [-0.2, -0.15) is 18.3 Å². The number of nitrogens with one attached hydrogen (secondary N) is 1. The lowest BCUT2D eigenvalue weighted by molar-refractivity contribution is -0.137. The van der Waals surface area contributed by atoms with Crippen LogP contribution in [0.5, 0.6) is 0 Å². The molecule has 5 nitrogen and oxygen atoms in total. The molecule has 2 heterocycles. The Labute approximate surface area is 147 Å². The highest BCUT2D eigenvalue weighted by molar-refractivity contribution is 5.95. The Hall–Kier alpha value is -3.16. The Morgan fingerprint density at radius 1 is 1.04 bits per heavy atom. The first kappa shape index (κ1) is 17.7. The molecule has 0 unspecified atom stereocenters. The number of carbonyl (C=O) groups is 1. The van der Waals surface area contributed by atoms with Crippen molar-refractivity contribution >= 4 is 5.91 Å². The van der Waals surface area contributed by atoms with Crippen molar-refractivity contribution in [2.75, 3.05) is 6.54 Å². The quantitative estimate of drug-likeness (QED) is 0.759. The molecule has 0 spiro atoms. The Bertz CT molecular complexity index is 891. The van der Waals surface area contributed by atoms with Crippen LogP contribution in [0, 0.1) is 0 Å². The molecule has 0 aliphatic heterocycles. The highest BCUT2D eigenvalue weighted by Gasteiger charge is 2.34. The molecule has 2 aromatic heterocycles. The molecule has 0 saturated carbocycles. The van der Waals surface area contributed by atoms with Crippen LogP contribution in [0.2, 0.25) is 0 Å². The zero-order valence-corrected chi connectivity index (χ0v) is 13.6. The summed E-state index contributed by atoms with van der Waals surface area (Å²) in [5.41, 5.74) is 0.0531. The van der Waals surface area contributed by atoms with Gasteiger partial charge in [0, 0.05) is 18.9 Å². The van der Waals surface area contributed by atoms with Crippen molar-refractivity contribution in [3.8, 4) is 11.4 Å². The summed E-state index contributed by atoms with van der Waals surface area (Å²) in [6, 6.07) is 12.0. The lowest BCUT2D eigenvalue weighted by Crippen LogP contribution is -2.29. The maximum Gasteiger partial charge on any atom is 0.417 e. The lowest BCUT2D eigenvalue weighted by Gasteiger charge is -2.12. The fourth-order valence-electron chi connectivity index (χ4n) is 2.44. The number of amides is 1. The summed E-state index contributed by atoms with van der Waals surface area (Å²) in [6.07, 6.45) is -1.19. The number of pyridine rings is 1. The smallest absolute Gasteiger partial charge is 0.350 e. The van der Waals surface area contributed by atoms with Gasteiger partial charge in [0.05, 0.1) is 23.4 Å². The largest absolute Gasteiger partial charge is 0.417 e. The molecule has 0 saturated heterocycles. The summed E-state index contributed by atoms with van der Waals surface area (Å²) in [7, 11) is 0. The van der Waals surface area contributed by atoms with E-state index in [4.69, 9.17) is 0 Å². The van der Waals surface area contributed by atoms with Crippen molar-refractivity contribution in [3.05, 3.63) is 72.1 Å². The van der Waals surface area contributed by atoms with Gasteiger partial charge < -0.3 is 5.32 Å². The van der Waals surface area contributed by atoms with E-state index in [-0.39, 0.29) is 6.54 Å². The molecular weight excluding hydrogens is 345 g/mol. The number of rotatable bonds is 5. The van der Waals surface area contributed by atoms with E-state index in [9.17, 15) is 18.0 Å². The minimum absolute atomic E-state index is 0.147. The summed E-state index contributed by atoms with van der Waals surface area (Å²) in [5.74, 6) is -0.768. The highest BCUT2D eigenvalue weighted by atomic mass is 19.4. The number of aromatic nitrogens is 3. The maximum atomic E-state index is 13.0. The van der Waals surface area contributed by atoms with Crippen LogP contribution in [0.25, 0.3) is 11.4 Å². The molecule has 8 heteroatoms. The van der Waals surface area contributed by atoms with E-state index in [1.165, 1.54) is 12.1 Å². The van der Waals surface area contributed by atoms with Crippen molar-refractivity contribution in [2.45, 2.75) is 12.7 Å². The summed E-state index contributed by atoms with van der Waals surface area (Å²) in [5, 5.41) is 6.82. The molecule has 1 aromatic carbocycles. The summed E-state index contributed by atoms with van der Waals surface area (Å²) in [6.45, 7) is 0.473. The summed E-state index contributed by atoms with van der Waals surface area (Å²) >= 11 is 0. The van der Waals surface area contributed by atoms with Crippen molar-refractivity contribution in [1.29, 1.82) is 0 Å². The second-order valence-corrected chi connectivity index (χ2v) is 5.48. The van der Waals surface area contributed by atoms with E-state index in [0.717, 1.165) is 17.8 Å². The van der Waals surface area contributed by atoms with E-state index < -0.39 is 23.2 Å². The second kappa shape index (κ2) is 7.38. The molecule has 0 aliphatic carbocycles. The first-order chi connectivity index (χ1) is 12.4.